The van der Waals surface area contributed by atoms with Crippen molar-refractivity contribution in [2.75, 3.05) is 5.32 Å². The van der Waals surface area contributed by atoms with E-state index in [-0.39, 0.29) is 11.9 Å². The topological polar surface area (TPSA) is 56.5 Å². The van der Waals surface area contributed by atoms with Crippen LogP contribution >= 0.6 is 0 Å². The molecule has 0 spiro atoms. The molecule has 1 aliphatic rings. The lowest BCUT2D eigenvalue weighted by atomic mass is 10.2. The van der Waals surface area contributed by atoms with E-state index in [4.69, 9.17) is 9.15 Å². The first-order chi connectivity index (χ1) is 10.2. The van der Waals surface area contributed by atoms with Crippen LogP contribution in [-0.4, -0.2) is 17.7 Å². The predicted molar refractivity (Wildman–Crippen MR) is 70.6 cm³/mol. The first kappa shape index (κ1) is 13.7. The molecule has 1 N–H and O–H groups in total. The van der Waals surface area contributed by atoms with Gasteiger partial charge in [0.1, 0.15) is 5.76 Å². The van der Waals surface area contributed by atoms with Gasteiger partial charge >= 0.3 is 6.61 Å². The van der Waals surface area contributed by atoms with Gasteiger partial charge in [-0.25, -0.2) is 4.98 Å². The highest BCUT2D eigenvalue weighted by atomic mass is 19.3. The van der Waals surface area contributed by atoms with Crippen molar-refractivity contribution in [2.45, 2.75) is 32.1 Å². The maximum absolute atomic E-state index is 12.4. The summed E-state index contributed by atoms with van der Waals surface area (Å²) in [5, 5.41) is 3.10. The summed E-state index contributed by atoms with van der Waals surface area (Å²) in [4.78, 5) is 3.81. The standard InChI is InChI=1S/C14H14F2N2O3/c15-14(16)21-12-4-1-9(5-13(12)20-10-2-3-10)18-7-11-6-17-8-19-11/h1,4-6,8,10,14,18H,2-3,7H2. The zero-order valence-corrected chi connectivity index (χ0v) is 11.1. The Morgan fingerprint density at radius 3 is 2.86 bits per heavy atom. The van der Waals surface area contributed by atoms with E-state index < -0.39 is 6.61 Å². The van der Waals surface area contributed by atoms with Crippen LogP contribution in [0.5, 0.6) is 11.5 Å². The Morgan fingerprint density at radius 1 is 1.33 bits per heavy atom. The molecule has 3 rings (SSSR count). The van der Waals surface area contributed by atoms with Crippen molar-refractivity contribution in [1.29, 1.82) is 0 Å². The average molecular weight is 296 g/mol. The molecule has 0 saturated heterocycles. The maximum atomic E-state index is 12.4. The van der Waals surface area contributed by atoms with Crippen LogP contribution in [-0.2, 0) is 6.54 Å². The Bertz CT molecular complexity index is 586. The summed E-state index contributed by atoms with van der Waals surface area (Å²) in [6, 6.07) is 4.76. The number of anilines is 1. The van der Waals surface area contributed by atoms with Crippen LogP contribution in [0, 0.1) is 0 Å². The Balaban J connectivity index is 1.71. The van der Waals surface area contributed by atoms with Crippen molar-refractivity contribution >= 4 is 5.69 Å². The number of nitrogens with one attached hydrogen (secondary N) is 1. The van der Waals surface area contributed by atoms with E-state index in [0.29, 0.717) is 18.1 Å². The number of aromatic nitrogens is 1. The SMILES string of the molecule is FC(F)Oc1ccc(NCc2cnco2)cc1OC1CC1. The second-order valence-electron chi connectivity index (χ2n) is 4.68. The molecule has 0 aliphatic heterocycles. The van der Waals surface area contributed by atoms with Gasteiger partial charge in [-0.05, 0) is 25.0 Å². The molecule has 1 saturated carbocycles. The van der Waals surface area contributed by atoms with Crippen molar-refractivity contribution in [3.8, 4) is 11.5 Å². The molecular weight excluding hydrogens is 282 g/mol. The van der Waals surface area contributed by atoms with Crippen LogP contribution in [0.15, 0.2) is 35.2 Å². The number of halogens is 2. The van der Waals surface area contributed by atoms with Gasteiger partial charge in [-0.15, -0.1) is 0 Å². The van der Waals surface area contributed by atoms with Crippen molar-refractivity contribution in [2.24, 2.45) is 0 Å². The van der Waals surface area contributed by atoms with E-state index in [1.165, 1.54) is 12.5 Å². The quantitative estimate of drug-likeness (QED) is 0.848. The van der Waals surface area contributed by atoms with Crippen LogP contribution in [0.25, 0.3) is 0 Å². The van der Waals surface area contributed by atoms with Gasteiger partial charge in [0.15, 0.2) is 17.9 Å². The lowest BCUT2D eigenvalue weighted by molar-refractivity contribution is -0.0516. The highest BCUT2D eigenvalue weighted by Crippen LogP contribution is 2.36. The number of ether oxygens (including phenoxy) is 2. The Kier molecular flexibility index (Phi) is 3.89. The van der Waals surface area contributed by atoms with Gasteiger partial charge in [0.2, 0.25) is 0 Å². The summed E-state index contributed by atoms with van der Waals surface area (Å²) in [7, 11) is 0. The molecule has 1 aromatic carbocycles. The molecular formula is C14H14F2N2O3. The summed E-state index contributed by atoms with van der Waals surface area (Å²) >= 11 is 0. The summed E-state index contributed by atoms with van der Waals surface area (Å²) in [6.07, 6.45) is 4.91. The minimum atomic E-state index is -2.88. The van der Waals surface area contributed by atoms with Crippen molar-refractivity contribution in [1.82, 2.24) is 4.98 Å². The third-order valence-corrected chi connectivity index (χ3v) is 2.93. The van der Waals surface area contributed by atoms with E-state index in [9.17, 15) is 8.78 Å². The summed E-state index contributed by atoms with van der Waals surface area (Å²) in [5.41, 5.74) is 0.726. The second-order valence-corrected chi connectivity index (χ2v) is 4.68. The number of rotatable bonds is 7. The molecule has 0 atom stereocenters. The Morgan fingerprint density at radius 2 is 2.19 bits per heavy atom. The van der Waals surface area contributed by atoms with Crippen LogP contribution in [0.1, 0.15) is 18.6 Å². The molecule has 21 heavy (non-hydrogen) atoms. The number of hydrogen-bond acceptors (Lipinski definition) is 5. The maximum Gasteiger partial charge on any atom is 0.387 e. The Labute approximate surface area is 119 Å². The monoisotopic (exact) mass is 296 g/mol. The van der Waals surface area contributed by atoms with Crippen LogP contribution < -0.4 is 14.8 Å². The average Bonchev–Trinajstić information content (AvgIpc) is 3.11. The number of alkyl halides is 2. The fourth-order valence-electron chi connectivity index (χ4n) is 1.79. The van der Waals surface area contributed by atoms with Crippen LogP contribution in [0.4, 0.5) is 14.5 Å². The van der Waals surface area contributed by atoms with Gasteiger partial charge in [-0.2, -0.15) is 8.78 Å². The zero-order valence-electron chi connectivity index (χ0n) is 11.1. The normalized spacial score (nSPS) is 14.2. The van der Waals surface area contributed by atoms with Gasteiger partial charge < -0.3 is 19.2 Å². The summed E-state index contributed by atoms with van der Waals surface area (Å²) in [6.45, 7) is -2.43. The molecule has 1 heterocycles. The number of hydrogen-bond donors (Lipinski definition) is 1. The van der Waals surface area contributed by atoms with Gasteiger partial charge in [-0.1, -0.05) is 0 Å². The smallest absolute Gasteiger partial charge is 0.387 e. The first-order valence-electron chi connectivity index (χ1n) is 6.57. The van der Waals surface area contributed by atoms with Gasteiger partial charge in [-0.3, -0.25) is 0 Å². The van der Waals surface area contributed by atoms with Crippen LogP contribution in [0.2, 0.25) is 0 Å². The molecule has 0 amide bonds. The van der Waals surface area contributed by atoms with Crippen molar-refractivity contribution < 1.29 is 22.7 Å². The zero-order chi connectivity index (χ0) is 14.7. The molecule has 0 radical (unpaired) electrons. The molecule has 5 nitrogen and oxygen atoms in total. The van der Waals surface area contributed by atoms with E-state index in [2.05, 4.69) is 15.0 Å². The molecule has 2 aromatic rings. The third-order valence-electron chi connectivity index (χ3n) is 2.93. The first-order valence-corrected chi connectivity index (χ1v) is 6.57. The minimum absolute atomic E-state index is 0.0436. The Hall–Kier alpha value is -2.31. The number of benzene rings is 1. The molecule has 0 unspecified atom stereocenters. The fraction of sp³-hybridized carbons (Fsp3) is 0.357. The molecule has 112 valence electrons. The molecule has 1 aliphatic carbocycles. The highest BCUT2D eigenvalue weighted by molar-refractivity contribution is 5.55. The van der Waals surface area contributed by atoms with E-state index in [1.807, 2.05) is 0 Å². The van der Waals surface area contributed by atoms with Gasteiger partial charge in [0, 0.05) is 11.8 Å². The lowest BCUT2D eigenvalue weighted by Gasteiger charge is -2.14. The van der Waals surface area contributed by atoms with Crippen molar-refractivity contribution in [3.63, 3.8) is 0 Å². The fourth-order valence-corrected chi connectivity index (χ4v) is 1.79. The second kappa shape index (κ2) is 5.99. The number of oxazole rings is 1. The lowest BCUT2D eigenvalue weighted by Crippen LogP contribution is -2.06. The largest absolute Gasteiger partial charge is 0.486 e. The molecule has 1 aromatic heterocycles. The van der Waals surface area contributed by atoms with E-state index >= 15 is 0 Å². The van der Waals surface area contributed by atoms with Crippen molar-refractivity contribution in [3.05, 3.63) is 36.5 Å². The highest BCUT2D eigenvalue weighted by Gasteiger charge is 2.25. The molecule has 7 heteroatoms. The van der Waals surface area contributed by atoms with Gasteiger partial charge in [0.05, 0.1) is 18.8 Å². The third kappa shape index (κ3) is 3.84. The summed E-state index contributed by atoms with van der Waals surface area (Å²) < 4.78 is 39.9. The van der Waals surface area contributed by atoms with E-state index in [1.54, 1.807) is 18.3 Å². The predicted octanol–water partition coefficient (Wildman–Crippen LogP) is 3.43. The minimum Gasteiger partial charge on any atom is -0.486 e. The van der Waals surface area contributed by atoms with E-state index in [0.717, 1.165) is 18.5 Å². The molecule has 1 fully saturated rings. The van der Waals surface area contributed by atoms with Crippen LogP contribution in [0.3, 0.4) is 0 Å². The van der Waals surface area contributed by atoms with Gasteiger partial charge in [0.25, 0.3) is 0 Å². The number of nitrogens with zero attached hydrogens (tertiary/aromatic N) is 1. The molecule has 0 bridgehead atoms. The summed E-state index contributed by atoms with van der Waals surface area (Å²) in [5.74, 6) is 1.04.